The number of carbonyl (C=O) groups is 1. The minimum absolute atomic E-state index is 0.0549. The standard InChI is InChI=1S/C14H27NO5/c1-15(2)14(16)11-13-12-19-7-3-5-17-9-10-18-6-4-8-20-13/h13H,3-12H2,1-2H3. The molecule has 0 saturated carbocycles. The van der Waals surface area contributed by atoms with Crippen molar-refractivity contribution in [3.05, 3.63) is 0 Å². The van der Waals surface area contributed by atoms with Crippen LogP contribution in [0.4, 0.5) is 0 Å². The largest absolute Gasteiger partial charge is 0.379 e. The van der Waals surface area contributed by atoms with Gasteiger partial charge in [0.1, 0.15) is 0 Å². The summed E-state index contributed by atoms with van der Waals surface area (Å²) < 4.78 is 22.1. The van der Waals surface area contributed by atoms with E-state index in [0.29, 0.717) is 52.7 Å². The molecule has 1 heterocycles. The van der Waals surface area contributed by atoms with Gasteiger partial charge in [0.2, 0.25) is 5.91 Å². The maximum absolute atomic E-state index is 11.7. The highest BCUT2D eigenvalue weighted by molar-refractivity contribution is 5.76. The SMILES string of the molecule is CN(C)C(=O)CC1COCCCOCCOCCCO1. The predicted molar refractivity (Wildman–Crippen MR) is 74.7 cm³/mol. The molecule has 6 heteroatoms. The fourth-order valence-corrected chi connectivity index (χ4v) is 1.75. The topological polar surface area (TPSA) is 57.2 Å². The first-order chi connectivity index (χ1) is 9.70. The monoisotopic (exact) mass is 289 g/mol. The first-order valence-electron chi connectivity index (χ1n) is 7.25. The Morgan fingerprint density at radius 2 is 1.55 bits per heavy atom. The van der Waals surface area contributed by atoms with E-state index in [1.807, 2.05) is 0 Å². The Balaban J connectivity index is 2.34. The molecule has 1 fully saturated rings. The van der Waals surface area contributed by atoms with Gasteiger partial charge in [-0.15, -0.1) is 0 Å². The van der Waals surface area contributed by atoms with Crippen molar-refractivity contribution in [3.8, 4) is 0 Å². The van der Waals surface area contributed by atoms with Crippen LogP contribution in [-0.2, 0) is 23.7 Å². The smallest absolute Gasteiger partial charge is 0.224 e. The van der Waals surface area contributed by atoms with Crippen molar-refractivity contribution in [3.63, 3.8) is 0 Å². The van der Waals surface area contributed by atoms with E-state index in [4.69, 9.17) is 18.9 Å². The summed E-state index contributed by atoms with van der Waals surface area (Å²) in [5.74, 6) is 0.0549. The molecule has 1 atom stereocenters. The van der Waals surface area contributed by atoms with Crippen LogP contribution in [0.3, 0.4) is 0 Å². The summed E-state index contributed by atoms with van der Waals surface area (Å²) in [5, 5.41) is 0. The van der Waals surface area contributed by atoms with Crippen LogP contribution >= 0.6 is 0 Å². The minimum Gasteiger partial charge on any atom is -0.379 e. The molecule has 0 aromatic rings. The molecule has 1 rings (SSSR count). The normalized spacial score (nSPS) is 23.8. The van der Waals surface area contributed by atoms with Crippen molar-refractivity contribution in [2.75, 3.05) is 60.3 Å². The molecular weight excluding hydrogens is 262 g/mol. The summed E-state index contributed by atoms with van der Waals surface area (Å²) in [6, 6.07) is 0. The lowest BCUT2D eigenvalue weighted by molar-refractivity contribution is -0.133. The fraction of sp³-hybridized carbons (Fsp3) is 0.929. The fourth-order valence-electron chi connectivity index (χ4n) is 1.75. The molecule has 0 aromatic heterocycles. The van der Waals surface area contributed by atoms with Gasteiger partial charge >= 0.3 is 0 Å². The molecule has 1 aliphatic heterocycles. The lowest BCUT2D eigenvalue weighted by Crippen LogP contribution is -2.31. The van der Waals surface area contributed by atoms with Crippen molar-refractivity contribution in [2.24, 2.45) is 0 Å². The number of ether oxygens (including phenoxy) is 4. The summed E-state index contributed by atoms with van der Waals surface area (Å²) in [6.07, 6.45) is 1.82. The highest BCUT2D eigenvalue weighted by Crippen LogP contribution is 2.04. The Kier molecular flexibility index (Phi) is 9.57. The second kappa shape index (κ2) is 11.0. The average Bonchev–Trinajstić information content (AvgIpc) is 2.42. The van der Waals surface area contributed by atoms with Gasteiger partial charge in [0.05, 0.1) is 32.3 Å². The number of hydrogen-bond acceptors (Lipinski definition) is 5. The van der Waals surface area contributed by atoms with E-state index in [2.05, 4.69) is 0 Å². The van der Waals surface area contributed by atoms with Crippen molar-refractivity contribution < 1.29 is 23.7 Å². The summed E-state index contributed by atoms with van der Waals surface area (Å²) in [7, 11) is 3.49. The van der Waals surface area contributed by atoms with Crippen molar-refractivity contribution in [1.29, 1.82) is 0 Å². The number of hydrogen-bond donors (Lipinski definition) is 0. The third-order valence-corrected chi connectivity index (χ3v) is 2.94. The molecule has 118 valence electrons. The molecule has 0 radical (unpaired) electrons. The van der Waals surface area contributed by atoms with Crippen LogP contribution in [0.1, 0.15) is 19.3 Å². The summed E-state index contributed by atoms with van der Waals surface area (Å²) in [4.78, 5) is 13.3. The summed E-state index contributed by atoms with van der Waals surface area (Å²) in [5.41, 5.74) is 0. The van der Waals surface area contributed by atoms with E-state index in [0.717, 1.165) is 12.8 Å². The zero-order valence-corrected chi connectivity index (χ0v) is 12.6. The number of rotatable bonds is 2. The highest BCUT2D eigenvalue weighted by atomic mass is 16.5. The van der Waals surface area contributed by atoms with Crippen molar-refractivity contribution in [2.45, 2.75) is 25.4 Å². The maximum Gasteiger partial charge on any atom is 0.224 e. The van der Waals surface area contributed by atoms with E-state index in [1.165, 1.54) is 0 Å². The Morgan fingerprint density at radius 3 is 2.20 bits per heavy atom. The number of amides is 1. The van der Waals surface area contributed by atoms with Crippen LogP contribution in [0.25, 0.3) is 0 Å². The second-order valence-corrected chi connectivity index (χ2v) is 4.99. The quantitative estimate of drug-likeness (QED) is 0.749. The van der Waals surface area contributed by atoms with Gasteiger partial charge in [-0.25, -0.2) is 0 Å². The first-order valence-corrected chi connectivity index (χ1v) is 7.25. The second-order valence-electron chi connectivity index (χ2n) is 4.99. The number of carbonyl (C=O) groups excluding carboxylic acids is 1. The summed E-state index contributed by atoms with van der Waals surface area (Å²) >= 11 is 0. The zero-order valence-electron chi connectivity index (χ0n) is 12.6. The number of nitrogens with zero attached hydrogens (tertiary/aromatic N) is 1. The van der Waals surface area contributed by atoms with Gasteiger partial charge in [0.15, 0.2) is 0 Å². The van der Waals surface area contributed by atoms with Crippen LogP contribution in [0.15, 0.2) is 0 Å². The molecule has 1 amide bonds. The molecule has 0 N–H and O–H groups in total. The van der Waals surface area contributed by atoms with E-state index in [1.54, 1.807) is 19.0 Å². The van der Waals surface area contributed by atoms with E-state index >= 15 is 0 Å². The van der Waals surface area contributed by atoms with Crippen LogP contribution in [0.2, 0.25) is 0 Å². The Hall–Kier alpha value is -0.690. The van der Waals surface area contributed by atoms with Gasteiger partial charge in [-0.2, -0.15) is 0 Å². The van der Waals surface area contributed by atoms with Gasteiger partial charge in [0, 0.05) is 40.5 Å². The maximum atomic E-state index is 11.7. The summed E-state index contributed by atoms with van der Waals surface area (Å²) in [6.45, 7) is 4.21. The van der Waals surface area contributed by atoms with Crippen molar-refractivity contribution in [1.82, 2.24) is 4.90 Å². The zero-order chi connectivity index (χ0) is 14.6. The molecule has 20 heavy (non-hydrogen) atoms. The Labute approximate surface area is 121 Å². The van der Waals surface area contributed by atoms with Gasteiger partial charge in [-0.3, -0.25) is 4.79 Å². The highest BCUT2D eigenvalue weighted by Gasteiger charge is 2.16. The van der Waals surface area contributed by atoms with E-state index < -0.39 is 0 Å². The van der Waals surface area contributed by atoms with E-state index in [9.17, 15) is 4.79 Å². The van der Waals surface area contributed by atoms with Crippen molar-refractivity contribution >= 4 is 5.91 Å². The molecule has 0 aromatic carbocycles. The molecule has 0 spiro atoms. The molecule has 0 bridgehead atoms. The Morgan fingerprint density at radius 1 is 0.950 bits per heavy atom. The lowest BCUT2D eigenvalue weighted by atomic mass is 10.2. The predicted octanol–water partition coefficient (Wildman–Crippen LogP) is 0.694. The van der Waals surface area contributed by atoms with Crippen LogP contribution in [-0.4, -0.2) is 77.3 Å². The van der Waals surface area contributed by atoms with Gasteiger partial charge in [0.25, 0.3) is 0 Å². The third-order valence-electron chi connectivity index (χ3n) is 2.94. The minimum atomic E-state index is -0.186. The third kappa shape index (κ3) is 8.47. The molecule has 1 unspecified atom stereocenters. The molecular formula is C14H27NO5. The molecule has 0 aliphatic carbocycles. The van der Waals surface area contributed by atoms with Gasteiger partial charge in [-0.05, 0) is 12.8 Å². The molecule has 1 saturated heterocycles. The Bertz CT molecular complexity index is 246. The molecule has 6 nitrogen and oxygen atoms in total. The van der Waals surface area contributed by atoms with Crippen LogP contribution in [0.5, 0.6) is 0 Å². The van der Waals surface area contributed by atoms with Crippen LogP contribution in [0, 0.1) is 0 Å². The first kappa shape index (κ1) is 17.4. The van der Waals surface area contributed by atoms with E-state index in [-0.39, 0.29) is 12.0 Å². The van der Waals surface area contributed by atoms with Gasteiger partial charge in [-0.1, -0.05) is 0 Å². The van der Waals surface area contributed by atoms with Gasteiger partial charge < -0.3 is 23.8 Å². The molecule has 1 aliphatic rings. The van der Waals surface area contributed by atoms with Crippen LogP contribution < -0.4 is 0 Å². The lowest BCUT2D eigenvalue weighted by Gasteiger charge is -2.20. The average molecular weight is 289 g/mol.